The Morgan fingerprint density at radius 1 is 1.07 bits per heavy atom. The highest BCUT2D eigenvalue weighted by Crippen LogP contribution is 2.67. The Balaban J connectivity index is 0.00000189. The first kappa shape index (κ1) is 32.9. The second-order valence-electron chi connectivity index (χ2n) is 14.3. The maximum Gasteiger partial charge on any atom is 0.322 e. The molecule has 7 heteroatoms. The minimum atomic E-state index is -0.561. The molecule has 3 saturated carbocycles. The third kappa shape index (κ3) is 6.72. The van der Waals surface area contributed by atoms with Crippen molar-refractivity contribution >= 4 is 23.7 Å². The van der Waals surface area contributed by atoms with Crippen LogP contribution in [0.2, 0.25) is 0 Å². The van der Waals surface area contributed by atoms with Gasteiger partial charge in [0, 0.05) is 6.42 Å². The maximum atomic E-state index is 12.4. The average Bonchev–Trinajstić information content (AvgIpc) is 3.58. The van der Waals surface area contributed by atoms with Crippen molar-refractivity contribution in [1.29, 1.82) is 0 Å². The van der Waals surface area contributed by atoms with E-state index in [2.05, 4.69) is 33.8 Å². The highest BCUT2D eigenvalue weighted by molar-refractivity contribution is 8.08. The van der Waals surface area contributed by atoms with Crippen molar-refractivity contribution in [3.63, 3.8) is 0 Å². The molecule has 0 aromatic heterocycles. The third-order valence-corrected chi connectivity index (χ3v) is 12.8. The molecular weight excluding hydrogens is 532 g/mol. The summed E-state index contributed by atoms with van der Waals surface area (Å²) in [6.45, 7) is 15.1. The van der Waals surface area contributed by atoms with Crippen molar-refractivity contribution in [3.8, 4) is 0 Å². The SMILES string of the molecule is CC.CC(C)C(CCCC1CCC2C3CC=C4CC(OC(=O)C5SC5N)CCC4(C)C3CCC12C)OC(=O)[C@H](C)N. The van der Waals surface area contributed by atoms with Crippen LogP contribution in [0.4, 0.5) is 0 Å². The topological polar surface area (TPSA) is 105 Å². The Labute approximate surface area is 253 Å². The molecule has 5 aliphatic rings. The van der Waals surface area contributed by atoms with Gasteiger partial charge in [-0.1, -0.05) is 53.2 Å². The summed E-state index contributed by atoms with van der Waals surface area (Å²) in [6.07, 6.45) is 15.4. The van der Waals surface area contributed by atoms with Gasteiger partial charge in [-0.15, -0.1) is 11.8 Å². The van der Waals surface area contributed by atoms with Gasteiger partial charge in [-0.3, -0.25) is 9.59 Å². The summed E-state index contributed by atoms with van der Waals surface area (Å²) in [4.78, 5) is 24.5. The summed E-state index contributed by atoms with van der Waals surface area (Å²) < 4.78 is 11.6. The van der Waals surface area contributed by atoms with Crippen LogP contribution in [0.3, 0.4) is 0 Å². The predicted molar refractivity (Wildman–Crippen MR) is 168 cm³/mol. The normalized spacial score (nSPS) is 40.5. The Kier molecular flexibility index (Phi) is 10.7. The van der Waals surface area contributed by atoms with Crippen LogP contribution in [-0.2, 0) is 19.1 Å². The van der Waals surface area contributed by atoms with Gasteiger partial charge in [-0.2, -0.15) is 0 Å². The molecule has 4 N–H and O–H groups in total. The molecule has 6 nitrogen and oxygen atoms in total. The van der Waals surface area contributed by atoms with Crippen LogP contribution in [0.15, 0.2) is 11.6 Å². The number of nitrogens with two attached hydrogens (primary N) is 2. The standard InChI is InChI=1S/C32H52N2O4S.C2H6/c1-18(2)26(38-29(35)19(3)33)8-6-7-20-10-12-24-23-11-9-21-17-22(37-30(36)27-28(34)39-27)13-15-32(21,5)25(23)14-16-31(20,24)4;1-2/h9,18-20,22-28H,6-8,10-17,33-34H2,1-5H3;1-2H3/t19-,20?,22?,23?,24?,25?,26?,27?,28?,31?,32?;/m0./s1. The quantitative estimate of drug-likeness (QED) is 0.169. The smallest absolute Gasteiger partial charge is 0.322 e. The van der Waals surface area contributed by atoms with E-state index in [0.29, 0.717) is 11.3 Å². The Morgan fingerprint density at radius 3 is 2.41 bits per heavy atom. The highest BCUT2D eigenvalue weighted by Gasteiger charge is 2.58. The number of esters is 2. The lowest BCUT2D eigenvalue weighted by atomic mass is 9.47. The number of hydrogen-bond donors (Lipinski definition) is 2. The second kappa shape index (κ2) is 13.3. The fraction of sp³-hybridized carbons (Fsp3) is 0.882. The van der Waals surface area contributed by atoms with Crippen molar-refractivity contribution in [3.05, 3.63) is 11.6 Å². The monoisotopic (exact) mass is 590 g/mol. The van der Waals surface area contributed by atoms with Crippen LogP contribution >= 0.6 is 11.8 Å². The molecule has 234 valence electrons. The van der Waals surface area contributed by atoms with E-state index < -0.39 is 6.04 Å². The van der Waals surface area contributed by atoms with E-state index in [-0.39, 0.29) is 40.2 Å². The van der Waals surface area contributed by atoms with Gasteiger partial charge in [0.15, 0.2) is 0 Å². The molecule has 0 bridgehead atoms. The minimum Gasteiger partial charge on any atom is -0.461 e. The van der Waals surface area contributed by atoms with Gasteiger partial charge in [-0.05, 0) is 112 Å². The zero-order chi connectivity index (χ0) is 30.1. The van der Waals surface area contributed by atoms with E-state index in [4.69, 9.17) is 20.9 Å². The zero-order valence-corrected chi connectivity index (χ0v) is 27.6. The van der Waals surface area contributed by atoms with Gasteiger partial charge in [0.2, 0.25) is 0 Å². The Hall–Kier alpha value is -1.05. The van der Waals surface area contributed by atoms with Crippen molar-refractivity contribution in [1.82, 2.24) is 0 Å². The van der Waals surface area contributed by atoms with Crippen LogP contribution in [0.5, 0.6) is 0 Å². The summed E-state index contributed by atoms with van der Waals surface area (Å²) in [6, 6.07) is -0.561. The van der Waals surface area contributed by atoms with Gasteiger partial charge in [0.05, 0.1) is 5.37 Å². The summed E-state index contributed by atoms with van der Waals surface area (Å²) in [7, 11) is 0. The van der Waals surface area contributed by atoms with Crippen LogP contribution in [-0.4, -0.2) is 40.8 Å². The number of rotatable bonds is 9. The number of fused-ring (bicyclic) bond motifs is 5. The lowest BCUT2D eigenvalue weighted by molar-refractivity contribution is -0.153. The van der Waals surface area contributed by atoms with Crippen LogP contribution in [0, 0.1) is 40.4 Å². The molecule has 1 heterocycles. The van der Waals surface area contributed by atoms with Crippen molar-refractivity contribution in [2.45, 2.75) is 148 Å². The van der Waals surface area contributed by atoms with Gasteiger partial charge in [0.1, 0.15) is 23.5 Å². The van der Waals surface area contributed by atoms with Gasteiger partial charge >= 0.3 is 11.9 Å². The molecular formula is C34H58N2O4S. The van der Waals surface area contributed by atoms with Crippen molar-refractivity contribution in [2.75, 3.05) is 0 Å². The first-order valence-corrected chi connectivity index (χ1v) is 17.7. The summed E-state index contributed by atoms with van der Waals surface area (Å²) >= 11 is 1.51. The zero-order valence-electron chi connectivity index (χ0n) is 26.8. The van der Waals surface area contributed by atoms with Crippen molar-refractivity contribution in [2.24, 2.45) is 51.9 Å². The fourth-order valence-electron chi connectivity index (χ4n) is 9.21. The molecule has 0 amide bonds. The number of carbonyl (C=O) groups is 2. The van der Waals surface area contributed by atoms with E-state index in [1.807, 2.05) is 13.8 Å². The van der Waals surface area contributed by atoms with Crippen molar-refractivity contribution < 1.29 is 19.1 Å². The predicted octanol–water partition coefficient (Wildman–Crippen LogP) is 6.99. The molecule has 1 saturated heterocycles. The summed E-state index contributed by atoms with van der Waals surface area (Å²) in [5, 5.41) is -0.211. The van der Waals surface area contributed by atoms with Gasteiger partial charge < -0.3 is 20.9 Å². The number of hydrogen-bond acceptors (Lipinski definition) is 7. The van der Waals surface area contributed by atoms with Gasteiger partial charge in [-0.25, -0.2) is 0 Å². The summed E-state index contributed by atoms with van der Waals surface area (Å²) in [5.41, 5.74) is 13.8. The lowest BCUT2D eigenvalue weighted by Crippen LogP contribution is -2.50. The van der Waals surface area contributed by atoms with Crippen LogP contribution in [0.1, 0.15) is 119 Å². The number of allylic oxidation sites excluding steroid dienone is 1. The molecule has 0 aromatic carbocycles. The first-order chi connectivity index (χ1) is 19.4. The molecule has 1 aliphatic heterocycles. The third-order valence-electron chi connectivity index (χ3n) is 11.7. The maximum absolute atomic E-state index is 12.4. The van der Waals surface area contributed by atoms with Gasteiger partial charge in [0.25, 0.3) is 0 Å². The van der Waals surface area contributed by atoms with E-state index >= 15 is 0 Å². The Morgan fingerprint density at radius 2 is 1.78 bits per heavy atom. The highest BCUT2D eigenvalue weighted by atomic mass is 32.2. The molecule has 4 aliphatic carbocycles. The molecule has 0 spiro atoms. The molecule has 10 unspecified atom stereocenters. The number of ether oxygens (including phenoxy) is 2. The molecule has 41 heavy (non-hydrogen) atoms. The van der Waals surface area contributed by atoms with E-state index in [9.17, 15) is 9.59 Å². The first-order valence-electron chi connectivity index (χ1n) is 16.7. The molecule has 0 radical (unpaired) electrons. The lowest BCUT2D eigenvalue weighted by Gasteiger charge is -2.58. The fourth-order valence-corrected chi connectivity index (χ4v) is 9.73. The second-order valence-corrected chi connectivity index (χ2v) is 15.7. The van der Waals surface area contributed by atoms with Crippen LogP contribution < -0.4 is 11.5 Å². The minimum absolute atomic E-state index is 0.0218. The van der Waals surface area contributed by atoms with E-state index in [1.165, 1.54) is 50.3 Å². The average molecular weight is 591 g/mol. The molecule has 4 fully saturated rings. The Bertz CT molecular complexity index is 968. The molecule has 11 atom stereocenters. The van der Waals surface area contributed by atoms with E-state index in [0.717, 1.165) is 55.8 Å². The summed E-state index contributed by atoms with van der Waals surface area (Å²) in [5.74, 6) is 3.02. The number of thioether (sulfide) groups is 1. The van der Waals surface area contributed by atoms with E-state index in [1.54, 1.807) is 12.5 Å². The van der Waals surface area contributed by atoms with Crippen LogP contribution in [0.25, 0.3) is 0 Å². The molecule has 0 aromatic rings. The molecule has 5 rings (SSSR count). The number of carbonyl (C=O) groups excluding carboxylic acids is 2. The largest absolute Gasteiger partial charge is 0.461 e.